The highest BCUT2D eigenvalue weighted by atomic mass is 19.1. The first-order chi connectivity index (χ1) is 11.6. The maximum atomic E-state index is 12.9. The Kier molecular flexibility index (Phi) is 4.99. The van der Waals surface area contributed by atoms with Gasteiger partial charge in [-0.1, -0.05) is 6.07 Å². The maximum Gasteiger partial charge on any atom is 0.254 e. The molecule has 126 valence electrons. The zero-order valence-electron chi connectivity index (χ0n) is 13.7. The van der Waals surface area contributed by atoms with E-state index < -0.39 is 0 Å². The molecule has 0 unspecified atom stereocenters. The monoisotopic (exact) mass is 328 g/mol. The lowest BCUT2D eigenvalue weighted by Crippen LogP contribution is -2.32. The second kappa shape index (κ2) is 7.34. The summed E-state index contributed by atoms with van der Waals surface area (Å²) in [6, 6.07) is 11.7. The average molecular weight is 328 g/mol. The molecule has 1 aliphatic rings. The number of halogens is 1. The summed E-state index contributed by atoms with van der Waals surface area (Å²) in [6.45, 7) is 1.78. The number of fused-ring (bicyclic) bond motifs is 1. The number of benzene rings is 2. The second-order valence-electron chi connectivity index (χ2n) is 5.89. The number of anilines is 1. The van der Waals surface area contributed by atoms with Crippen LogP contribution in [0.1, 0.15) is 22.3 Å². The normalized spacial score (nSPS) is 12.9. The summed E-state index contributed by atoms with van der Waals surface area (Å²) in [7, 11) is 1.77. The molecule has 0 radical (unpaired) electrons. The van der Waals surface area contributed by atoms with Crippen LogP contribution in [0.15, 0.2) is 42.5 Å². The van der Waals surface area contributed by atoms with E-state index in [0.717, 1.165) is 36.2 Å². The van der Waals surface area contributed by atoms with Gasteiger partial charge in [0.2, 0.25) is 0 Å². The van der Waals surface area contributed by atoms with E-state index in [0.29, 0.717) is 18.9 Å². The first kappa shape index (κ1) is 16.3. The minimum absolute atomic E-state index is 0.00161. The topological polar surface area (TPSA) is 41.6 Å². The highest BCUT2D eigenvalue weighted by Crippen LogP contribution is 2.26. The minimum Gasteiger partial charge on any atom is -0.492 e. The second-order valence-corrected chi connectivity index (χ2v) is 5.89. The molecule has 0 aliphatic carbocycles. The van der Waals surface area contributed by atoms with Crippen molar-refractivity contribution in [2.24, 2.45) is 0 Å². The number of carbonyl (C=O) groups is 1. The largest absolute Gasteiger partial charge is 0.492 e. The summed E-state index contributed by atoms with van der Waals surface area (Å²) in [6.07, 6.45) is 1.96. The molecule has 2 aromatic rings. The Hall–Kier alpha value is -2.56. The van der Waals surface area contributed by atoms with E-state index in [2.05, 4.69) is 5.32 Å². The van der Waals surface area contributed by atoms with Gasteiger partial charge in [0, 0.05) is 24.8 Å². The Morgan fingerprint density at radius 2 is 2.04 bits per heavy atom. The molecule has 1 heterocycles. The predicted octanol–water partition coefficient (Wildman–Crippen LogP) is 3.33. The number of rotatable bonds is 5. The number of amides is 1. The van der Waals surface area contributed by atoms with Crippen molar-refractivity contribution in [3.63, 3.8) is 0 Å². The molecule has 1 aliphatic heterocycles. The molecule has 1 N–H and O–H groups in total. The lowest BCUT2D eigenvalue weighted by molar-refractivity contribution is 0.0772. The fraction of sp³-hybridized carbons (Fsp3) is 0.316. The van der Waals surface area contributed by atoms with E-state index in [1.54, 1.807) is 24.1 Å². The molecular weight excluding hydrogens is 307 g/mol. The molecule has 0 saturated carbocycles. The van der Waals surface area contributed by atoms with E-state index in [9.17, 15) is 9.18 Å². The van der Waals surface area contributed by atoms with Crippen LogP contribution in [0.4, 0.5) is 10.1 Å². The van der Waals surface area contributed by atoms with E-state index in [-0.39, 0.29) is 11.7 Å². The first-order valence-corrected chi connectivity index (χ1v) is 8.15. The van der Waals surface area contributed by atoms with Gasteiger partial charge in [-0.2, -0.15) is 0 Å². The molecule has 0 spiro atoms. The summed E-state index contributed by atoms with van der Waals surface area (Å²) < 4.78 is 18.4. The summed E-state index contributed by atoms with van der Waals surface area (Å²) >= 11 is 0. The highest BCUT2D eigenvalue weighted by molar-refractivity contribution is 5.97. The Morgan fingerprint density at radius 1 is 1.25 bits per heavy atom. The number of hydrogen-bond acceptors (Lipinski definition) is 3. The first-order valence-electron chi connectivity index (χ1n) is 8.15. The van der Waals surface area contributed by atoms with Gasteiger partial charge in [0.25, 0.3) is 5.91 Å². The molecule has 2 aromatic carbocycles. The van der Waals surface area contributed by atoms with E-state index in [1.165, 1.54) is 12.1 Å². The van der Waals surface area contributed by atoms with Crippen molar-refractivity contribution >= 4 is 11.6 Å². The zero-order valence-corrected chi connectivity index (χ0v) is 13.7. The van der Waals surface area contributed by atoms with Gasteiger partial charge in [0.05, 0.1) is 6.54 Å². The number of nitrogens with zero attached hydrogens (tertiary/aromatic N) is 1. The third kappa shape index (κ3) is 3.67. The van der Waals surface area contributed by atoms with Crippen LogP contribution < -0.4 is 10.1 Å². The van der Waals surface area contributed by atoms with Gasteiger partial charge < -0.3 is 15.0 Å². The van der Waals surface area contributed by atoms with Gasteiger partial charge in [-0.05, 0) is 54.8 Å². The lowest BCUT2D eigenvalue weighted by Gasteiger charge is -2.23. The summed E-state index contributed by atoms with van der Waals surface area (Å²) in [5.74, 6) is 0.300. The van der Waals surface area contributed by atoms with E-state index >= 15 is 0 Å². The standard InChI is InChI=1S/C19H21FN2O2/c1-22(12-13-24-15-9-7-14(20)8-10-15)19(23)17-4-2-6-18-16(17)5-3-11-21-18/h2,4,6-10,21H,3,5,11-13H2,1H3. The van der Waals surface area contributed by atoms with Gasteiger partial charge in [0.1, 0.15) is 18.2 Å². The van der Waals surface area contributed by atoms with E-state index in [1.807, 2.05) is 18.2 Å². The third-order valence-corrected chi connectivity index (χ3v) is 4.18. The van der Waals surface area contributed by atoms with Gasteiger partial charge in [-0.3, -0.25) is 4.79 Å². The van der Waals surface area contributed by atoms with Crippen LogP contribution in [-0.2, 0) is 6.42 Å². The lowest BCUT2D eigenvalue weighted by atomic mass is 9.97. The average Bonchev–Trinajstić information content (AvgIpc) is 2.62. The molecule has 0 bridgehead atoms. The predicted molar refractivity (Wildman–Crippen MR) is 92.1 cm³/mol. The van der Waals surface area contributed by atoms with Crippen molar-refractivity contribution in [1.29, 1.82) is 0 Å². The van der Waals surface area contributed by atoms with Gasteiger partial charge >= 0.3 is 0 Å². The van der Waals surface area contributed by atoms with Crippen LogP contribution in [0.2, 0.25) is 0 Å². The summed E-state index contributed by atoms with van der Waals surface area (Å²) in [5.41, 5.74) is 2.91. The van der Waals surface area contributed by atoms with Crippen LogP contribution >= 0.6 is 0 Å². The highest BCUT2D eigenvalue weighted by Gasteiger charge is 2.19. The Morgan fingerprint density at radius 3 is 2.83 bits per heavy atom. The number of ether oxygens (including phenoxy) is 1. The number of carbonyl (C=O) groups excluding carboxylic acids is 1. The number of likely N-dealkylation sites (N-methyl/N-ethyl adjacent to an activating group) is 1. The van der Waals surface area contributed by atoms with Crippen LogP contribution in [0, 0.1) is 5.82 Å². The minimum atomic E-state index is -0.294. The molecule has 5 heteroatoms. The van der Waals surface area contributed by atoms with Gasteiger partial charge in [-0.15, -0.1) is 0 Å². The van der Waals surface area contributed by atoms with Crippen LogP contribution in [0.25, 0.3) is 0 Å². The van der Waals surface area contributed by atoms with Crippen molar-refractivity contribution in [3.8, 4) is 5.75 Å². The van der Waals surface area contributed by atoms with Crippen molar-refractivity contribution in [3.05, 3.63) is 59.4 Å². The van der Waals surface area contributed by atoms with Crippen molar-refractivity contribution in [1.82, 2.24) is 4.90 Å². The molecule has 3 rings (SSSR count). The van der Waals surface area contributed by atoms with Crippen LogP contribution in [-0.4, -0.2) is 37.6 Å². The molecular formula is C19H21FN2O2. The molecule has 0 atom stereocenters. The van der Waals surface area contributed by atoms with Crippen molar-refractivity contribution in [2.75, 3.05) is 32.1 Å². The quantitative estimate of drug-likeness (QED) is 0.915. The van der Waals surface area contributed by atoms with Gasteiger partial charge in [-0.25, -0.2) is 4.39 Å². The molecule has 0 saturated heterocycles. The SMILES string of the molecule is CN(CCOc1ccc(F)cc1)C(=O)c1cccc2c1CCCN2. The maximum absolute atomic E-state index is 12.9. The zero-order chi connectivity index (χ0) is 16.9. The summed E-state index contributed by atoms with van der Waals surface area (Å²) in [4.78, 5) is 14.4. The summed E-state index contributed by atoms with van der Waals surface area (Å²) in [5, 5.41) is 3.34. The van der Waals surface area contributed by atoms with Gasteiger partial charge in [0.15, 0.2) is 0 Å². The number of hydrogen-bond donors (Lipinski definition) is 1. The molecule has 4 nitrogen and oxygen atoms in total. The van der Waals surface area contributed by atoms with Crippen LogP contribution in [0.5, 0.6) is 5.75 Å². The number of nitrogens with one attached hydrogen (secondary N) is 1. The van der Waals surface area contributed by atoms with Crippen LogP contribution in [0.3, 0.4) is 0 Å². The Bertz CT molecular complexity index is 716. The van der Waals surface area contributed by atoms with Crippen molar-refractivity contribution in [2.45, 2.75) is 12.8 Å². The Labute approximate surface area is 141 Å². The molecule has 0 fully saturated rings. The van der Waals surface area contributed by atoms with E-state index in [4.69, 9.17) is 4.74 Å². The third-order valence-electron chi connectivity index (χ3n) is 4.18. The molecule has 24 heavy (non-hydrogen) atoms. The fourth-order valence-corrected chi connectivity index (χ4v) is 2.85. The van der Waals surface area contributed by atoms with Crippen molar-refractivity contribution < 1.29 is 13.9 Å². The Balaban J connectivity index is 1.60. The fourth-order valence-electron chi connectivity index (χ4n) is 2.85. The molecule has 0 aromatic heterocycles. The molecule has 1 amide bonds. The smallest absolute Gasteiger partial charge is 0.254 e.